The van der Waals surface area contributed by atoms with E-state index in [-0.39, 0.29) is 41.6 Å². The summed E-state index contributed by atoms with van der Waals surface area (Å²) < 4.78 is 5.51. The van der Waals surface area contributed by atoms with Crippen LogP contribution in [0.4, 0.5) is 5.69 Å². The van der Waals surface area contributed by atoms with Crippen molar-refractivity contribution in [3.63, 3.8) is 0 Å². The van der Waals surface area contributed by atoms with Crippen LogP contribution in [0.5, 0.6) is 5.75 Å². The van der Waals surface area contributed by atoms with Crippen molar-refractivity contribution < 1.29 is 14.5 Å². The predicted molar refractivity (Wildman–Crippen MR) is 133 cm³/mol. The number of aromatic nitrogens is 2. The number of carbonyl (C=O) groups is 1. The van der Waals surface area contributed by atoms with Crippen LogP contribution < -0.4 is 10.1 Å². The lowest BCUT2D eigenvalue weighted by atomic mass is 9.89. The van der Waals surface area contributed by atoms with Crippen LogP contribution in [0, 0.1) is 22.5 Å². The maximum atomic E-state index is 13.3. The molecule has 1 amide bonds. The van der Waals surface area contributed by atoms with Crippen molar-refractivity contribution >= 4 is 22.6 Å². The molecule has 0 saturated heterocycles. The number of nitro benzene ring substituents is 1. The van der Waals surface area contributed by atoms with Crippen molar-refractivity contribution in [2.24, 2.45) is 0 Å². The number of fused-ring (bicyclic) bond motifs is 1. The van der Waals surface area contributed by atoms with Gasteiger partial charge in [-0.1, -0.05) is 24.1 Å². The molecule has 0 radical (unpaired) electrons. The van der Waals surface area contributed by atoms with E-state index in [0.29, 0.717) is 18.6 Å². The molecule has 1 unspecified atom stereocenters. The van der Waals surface area contributed by atoms with Gasteiger partial charge in [-0.15, -0.1) is 6.42 Å². The summed E-state index contributed by atoms with van der Waals surface area (Å²) in [6, 6.07) is 12.8. The Kier molecular flexibility index (Phi) is 7.63. The molecule has 2 N–H and O–H groups in total. The molecule has 3 aromatic rings. The van der Waals surface area contributed by atoms with Gasteiger partial charge >= 0.3 is 0 Å². The Morgan fingerprint density at radius 1 is 1.34 bits per heavy atom. The fourth-order valence-corrected chi connectivity index (χ4v) is 4.73. The molecular weight excluding hydrogens is 446 g/mol. The Balaban J connectivity index is 1.42. The minimum absolute atomic E-state index is 0.0623. The number of nitrogens with zero attached hydrogens (tertiary/aromatic N) is 3. The van der Waals surface area contributed by atoms with E-state index in [0.717, 1.165) is 37.0 Å². The number of hydrogen-bond donors (Lipinski definition) is 2. The number of benzene rings is 2. The molecule has 0 spiro atoms. The third-order valence-corrected chi connectivity index (χ3v) is 6.40. The van der Waals surface area contributed by atoms with Crippen molar-refractivity contribution in [2.45, 2.75) is 51.2 Å². The highest BCUT2D eigenvalue weighted by Crippen LogP contribution is 2.27. The lowest BCUT2D eigenvalue weighted by Gasteiger charge is -2.37. The first kappa shape index (κ1) is 24.2. The molecule has 0 bridgehead atoms. The van der Waals surface area contributed by atoms with Gasteiger partial charge in [-0.05, 0) is 56.4 Å². The molecule has 1 saturated carbocycles. The Hall–Kier alpha value is -3.90. The fourth-order valence-electron chi connectivity index (χ4n) is 4.73. The molecule has 1 aliphatic carbocycles. The molecule has 1 heterocycles. The first-order chi connectivity index (χ1) is 17.0. The van der Waals surface area contributed by atoms with Gasteiger partial charge < -0.3 is 19.9 Å². The van der Waals surface area contributed by atoms with Gasteiger partial charge in [0.15, 0.2) is 11.3 Å². The summed E-state index contributed by atoms with van der Waals surface area (Å²) in [5.41, 5.74) is 1.68. The van der Waals surface area contributed by atoms with Gasteiger partial charge in [-0.2, -0.15) is 0 Å². The molecule has 1 aromatic heterocycles. The van der Waals surface area contributed by atoms with Crippen LogP contribution in [-0.4, -0.2) is 50.9 Å². The Labute approximate surface area is 204 Å². The molecule has 1 aliphatic rings. The van der Waals surface area contributed by atoms with Gasteiger partial charge in [0, 0.05) is 31.2 Å². The highest BCUT2D eigenvalue weighted by molar-refractivity contribution is 5.96. The zero-order chi connectivity index (χ0) is 24.8. The molecule has 2 aromatic carbocycles. The summed E-state index contributed by atoms with van der Waals surface area (Å²) in [5.74, 6) is 3.12. The second-order valence-electron chi connectivity index (χ2n) is 8.65. The van der Waals surface area contributed by atoms with E-state index in [2.05, 4.69) is 21.2 Å². The van der Waals surface area contributed by atoms with Crippen LogP contribution in [0.15, 0.2) is 42.5 Å². The van der Waals surface area contributed by atoms with Crippen molar-refractivity contribution in [3.8, 4) is 18.1 Å². The van der Waals surface area contributed by atoms with Crippen LogP contribution >= 0.6 is 0 Å². The number of nitrogens with one attached hydrogen (secondary N) is 2. The number of para-hydroxylation sites is 1. The lowest BCUT2D eigenvalue weighted by Crippen LogP contribution is -2.47. The van der Waals surface area contributed by atoms with Crippen molar-refractivity contribution in [3.05, 3.63) is 64.0 Å². The number of H-pyrrole nitrogens is 1. The zero-order valence-electron chi connectivity index (χ0n) is 19.7. The molecule has 0 aliphatic heterocycles. The van der Waals surface area contributed by atoms with E-state index >= 15 is 0 Å². The van der Waals surface area contributed by atoms with Crippen molar-refractivity contribution in [1.29, 1.82) is 0 Å². The van der Waals surface area contributed by atoms with Crippen molar-refractivity contribution in [2.75, 3.05) is 13.2 Å². The van der Waals surface area contributed by atoms with E-state index < -0.39 is 4.92 Å². The molecule has 4 rings (SSSR count). The van der Waals surface area contributed by atoms with E-state index in [1.165, 1.54) is 6.07 Å². The van der Waals surface area contributed by atoms with Gasteiger partial charge in [0.1, 0.15) is 12.4 Å². The second-order valence-corrected chi connectivity index (χ2v) is 8.65. The standard InChI is InChI=1S/C26H29N5O4/c1-3-14-35-21-11-5-8-18(15-21)17-27-19-9-6-10-20(16-19)30(4-2)26(32)25-28-22-12-7-13-23(31(33)34)24(22)29-25/h1,5,7-8,11-13,15,19-20,27H,4,6,9-10,14,16-17H2,2H3,(H,28,29)/t19-,20?/m1/s1. The average Bonchev–Trinajstić information content (AvgIpc) is 3.32. The van der Waals surface area contributed by atoms with Crippen LogP contribution in [0.2, 0.25) is 0 Å². The monoisotopic (exact) mass is 475 g/mol. The summed E-state index contributed by atoms with van der Waals surface area (Å²) in [4.78, 5) is 33.3. The summed E-state index contributed by atoms with van der Waals surface area (Å²) in [5, 5.41) is 14.9. The number of aromatic amines is 1. The van der Waals surface area contributed by atoms with Crippen molar-refractivity contribution in [1.82, 2.24) is 20.2 Å². The van der Waals surface area contributed by atoms with Crippen LogP contribution in [0.3, 0.4) is 0 Å². The maximum Gasteiger partial charge on any atom is 0.297 e. The van der Waals surface area contributed by atoms with E-state index in [9.17, 15) is 14.9 Å². The highest BCUT2D eigenvalue weighted by Gasteiger charge is 2.31. The number of imidazole rings is 1. The first-order valence-electron chi connectivity index (χ1n) is 11.8. The third-order valence-electron chi connectivity index (χ3n) is 6.40. The quantitative estimate of drug-likeness (QED) is 0.274. The van der Waals surface area contributed by atoms with Gasteiger partial charge in [0.2, 0.25) is 0 Å². The molecule has 9 nitrogen and oxygen atoms in total. The molecule has 182 valence electrons. The number of carbonyl (C=O) groups excluding carboxylic acids is 1. The highest BCUT2D eigenvalue weighted by atomic mass is 16.6. The van der Waals surface area contributed by atoms with Gasteiger partial charge in [-0.3, -0.25) is 14.9 Å². The largest absolute Gasteiger partial charge is 0.481 e. The van der Waals surface area contributed by atoms with E-state index in [1.54, 1.807) is 12.1 Å². The lowest BCUT2D eigenvalue weighted by molar-refractivity contribution is -0.383. The van der Waals surface area contributed by atoms with Gasteiger partial charge in [0.05, 0.1) is 10.4 Å². The first-order valence-corrected chi connectivity index (χ1v) is 11.8. The van der Waals surface area contributed by atoms with Gasteiger partial charge in [-0.25, -0.2) is 4.98 Å². The minimum atomic E-state index is -0.483. The summed E-state index contributed by atoms with van der Waals surface area (Å²) in [6.07, 6.45) is 9.04. The average molecular weight is 476 g/mol. The SMILES string of the molecule is C#CCOc1cccc(CN[C@@H]2CCCC(N(CC)C(=O)c3nc4c([N+](=O)[O-])cccc4[nH]3)C2)c1. The molecule has 2 atom stereocenters. The Bertz CT molecular complexity index is 1250. The number of terminal acetylenes is 1. The van der Waals surface area contributed by atoms with E-state index in [4.69, 9.17) is 11.2 Å². The van der Waals surface area contributed by atoms with E-state index in [1.807, 2.05) is 36.1 Å². The summed E-state index contributed by atoms with van der Waals surface area (Å²) in [7, 11) is 0. The number of amides is 1. The summed E-state index contributed by atoms with van der Waals surface area (Å²) in [6.45, 7) is 3.41. The fraction of sp³-hybridized carbons (Fsp3) is 0.385. The molecular formula is C26H29N5O4. The Morgan fingerprint density at radius 3 is 2.94 bits per heavy atom. The normalized spacial score (nSPS) is 17.6. The van der Waals surface area contributed by atoms with Crippen LogP contribution in [0.25, 0.3) is 11.0 Å². The number of rotatable bonds is 9. The number of non-ortho nitro benzene ring substituents is 1. The van der Waals surface area contributed by atoms with Crippen LogP contribution in [0.1, 0.15) is 48.8 Å². The van der Waals surface area contributed by atoms with Gasteiger partial charge in [0.25, 0.3) is 11.6 Å². The molecule has 9 heteroatoms. The molecule has 1 fully saturated rings. The molecule has 35 heavy (non-hydrogen) atoms. The third kappa shape index (κ3) is 5.61. The predicted octanol–water partition coefficient (Wildman–Crippen LogP) is 4.05. The van der Waals surface area contributed by atoms with Crippen LogP contribution in [-0.2, 0) is 6.54 Å². The second kappa shape index (κ2) is 11.0. The number of nitro groups is 1. The number of ether oxygens (including phenoxy) is 1. The maximum absolute atomic E-state index is 13.3. The minimum Gasteiger partial charge on any atom is -0.481 e. The zero-order valence-corrected chi connectivity index (χ0v) is 19.7. The Morgan fingerprint density at radius 2 is 2.17 bits per heavy atom. The topological polar surface area (TPSA) is 113 Å². The number of hydrogen-bond acceptors (Lipinski definition) is 6. The smallest absolute Gasteiger partial charge is 0.297 e. The summed E-state index contributed by atoms with van der Waals surface area (Å²) >= 11 is 0.